The number of carbonyl (C=O) groups excluding carboxylic acids is 2. The average Bonchev–Trinajstić information content (AvgIpc) is 3.68. The van der Waals surface area contributed by atoms with Crippen molar-refractivity contribution >= 4 is 35.0 Å². The summed E-state index contributed by atoms with van der Waals surface area (Å²) in [5.74, 6) is -7.43. The summed E-state index contributed by atoms with van der Waals surface area (Å²) in [7, 11) is 0. The van der Waals surface area contributed by atoms with Gasteiger partial charge < -0.3 is 20.1 Å². The lowest BCUT2D eigenvalue weighted by atomic mass is 9.92. The molecule has 5 rings (SSSR count). The molecule has 2 N–H and O–H groups in total. The van der Waals surface area contributed by atoms with E-state index in [0.717, 1.165) is 0 Å². The fourth-order valence-corrected chi connectivity index (χ4v) is 6.46. The van der Waals surface area contributed by atoms with Crippen molar-refractivity contribution in [2.24, 2.45) is 16.3 Å². The topological polar surface area (TPSA) is 124 Å². The first-order valence-corrected chi connectivity index (χ1v) is 14.7. The van der Waals surface area contributed by atoms with Crippen LogP contribution in [0.25, 0.3) is 0 Å². The van der Waals surface area contributed by atoms with E-state index in [0.29, 0.717) is 16.4 Å². The molecule has 2 aromatic rings. The standard InChI is InChI=1S/C29H32F3N5O5S/c1-5-42-25(38)21-19(34-23(24-33-9-10-43-24)35-22(21)16-7-6-8-18(30)15(16)2)12-37-14-29(31,32)17-11-36(13-20(17)37)26(39)28(3,4)27(40)41/h6-10,17,20,22H,5,11-14H2,1-4H3,(H,34,35)(H,40,41)/t17?,20?,22-/m0/s1. The van der Waals surface area contributed by atoms with Crippen molar-refractivity contribution in [1.82, 2.24) is 20.1 Å². The number of nitrogens with one attached hydrogen (secondary N) is 1. The summed E-state index contributed by atoms with van der Waals surface area (Å²) in [5, 5.41) is 14.9. The molecule has 2 fully saturated rings. The van der Waals surface area contributed by atoms with E-state index in [2.05, 4.69) is 10.3 Å². The number of nitrogens with zero attached hydrogens (tertiary/aromatic N) is 4. The molecular formula is C29H32F3N5O5S. The monoisotopic (exact) mass is 619 g/mol. The van der Waals surface area contributed by atoms with Gasteiger partial charge in [0.25, 0.3) is 5.92 Å². The van der Waals surface area contributed by atoms with Gasteiger partial charge in [-0.05, 0) is 44.9 Å². The van der Waals surface area contributed by atoms with Gasteiger partial charge in [0.2, 0.25) is 5.91 Å². The molecule has 4 heterocycles. The summed E-state index contributed by atoms with van der Waals surface area (Å²) in [6.07, 6.45) is 1.57. The second kappa shape index (κ2) is 11.4. The highest BCUT2D eigenvalue weighted by atomic mass is 32.1. The van der Waals surface area contributed by atoms with Crippen molar-refractivity contribution < 1.29 is 37.4 Å². The lowest BCUT2D eigenvalue weighted by molar-refractivity contribution is -0.158. The lowest BCUT2D eigenvalue weighted by Gasteiger charge is -2.32. The van der Waals surface area contributed by atoms with Gasteiger partial charge in [-0.15, -0.1) is 11.3 Å². The smallest absolute Gasteiger partial charge is 0.338 e. The number of carboxylic acid groups (broad SMARTS) is 1. The first-order chi connectivity index (χ1) is 20.3. The quantitative estimate of drug-likeness (QED) is 0.341. The van der Waals surface area contributed by atoms with Crippen molar-refractivity contribution in [3.05, 3.63) is 63.0 Å². The molecule has 3 aliphatic rings. The zero-order chi connectivity index (χ0) is 31.3. The van der Waals surface area contributed by atoms with Crippen molar-refractivity contribution in [3.8, 4) is 0 Å². The molecule has 2 saturated heterocycles. The molecule has 14 heteroatoms. The predicted octanol–water partition coefficient (Wildman–Crippen LogP) is 3.39. The number of esters is 1. The molecule has 0 aliphatic carbocycles. The van der Waals surface area contributed by atoms with E-state index in [4.69, 9.17) is 9.73 Å². The predicted molar refractivity (Wildman–Crippen MR) is 151 cm³/mol. The van der Waals surface area contributed by atoms with Crippen molar-refractivity contribution in [1.29, 1.82) is 0 Å². The second-order valence-electron chi connectivity index (χ2n) is 11.4. The number of hydrogen-bond donors (Lipinski definition) is 2. The number of carboxylic acids is 1. The van der Waals surface area contributed by atoms with Crippen LogP contribution >= 0.6 is 11.3 Å². The Morgan fingerprint density at radius 1 is 1.26 bits per heavy atom. The van der Waals surface area contributed by atoms with Crippen LogP contribution < -0.4 is 5.32 Å². The molecule has 43 heavy (non-hydrogen) atoms. The van der Waals surface area contributed by atoms with E-state index >= 15 is 8.78 Å². The zero-order valence-electron chi connectivity index (χ0n) is 24.1. The highest BCUT2D eigenvalue weighted by molar-refractivity contribution is 7.11. The highest BCUT2D eigenvalue weighted by Crippen LogP contribution is 2.44. The molecule has 0 bridgehead atoms. The molecule has 1 amide bonds. The van der Waals surface area contributed by atoms with Gasteiger partial charge in [0, 0.05) is 43.0 Å². The molecule has 0 radical (unpaired) electrons. The molecule has 3 atom stereocenters. The van der Waals surface area contributed by atoms with Gasteiger partial charge in [-0.25, -0.2) is 22.9 Å². The van der Waals surface area contributed by atoms with Gasteiger partial charge in [0.1, 0.15) is 17.3 Å². The van der Waals surface area contributed by atoms with E-state index in [1.165, 1.54) is 47.1 Å². The Balaban J connectivity index is 1.55. The fraction of sp³-hybridized carbons (Fsp3) is 0.483. The molecule has 0 saturated carbocycles. The van der Waals surface area contributed by atoms with E-state index in [-0.39, 0.29) is 43.1 Å². The van der Waals surface area contributed by atoms with Gasteiger partial charge in [0.15, 0.2) is 10.8 Å². The van der Waals surface area contributed by atoms with E-state index in [1.54, 1.807) is 31.5 Å². The van der Waals surface area contributed by atoms with Crippen LogP contribution in [0.4, 0.5) is 13.2 Å². The van der Waals surface area contributed by atoms with E-state index < -0.39 is 59.5 Å². The minimum atomic E-state index is -3.18. The van der Waals surface area contributed by atoms with Crippen LogP contribution in [-0.2, 0) is 19.1 Å². The molecule has 1 aromatic heterocycles. The Bertz CT molecular complexity index is 1510. The van der Waals surface area contributed by atoms with Gasteiger partial charge in [-0.1, -0.05) is 12.1 Å². The molecule has 10 nitrogen and oxygen atoms in total. The molecule has 1 aromatic carbocycles. The number of halogens is 3. The highest BCUT2D eigenvalue weighted by Gasteiger charge is 2.60. The number of hydrogen-bond acceptors (Lipinski definition) is 9. The molecular weight excluding hydrogens is 587 g/mol. The molecule has 3 aliphatic heterocycles. The summed E-state index contributed by atoms with van der Waals surface area (Å²) in [4.78, 5) is 49.9. The number of fused-ring (bicyclic) bond motifs is 1. The number of aliphatic imine (C=N–C) groups is 1. The molecule has 230 valence electrons. The second-order valence-corrected chi connectivity index (χ2v) is 12.3. The maximum absolute atomic E-state index is 15.4. The Morgan fingerprint density at radius 3 is 2.65 bits per heavy atom. The number of amidine groups is 1. The Hall–Kier alpha value is -3.78. The number of alkyl halides is 2. The van der Waals surface area contributed by atoms with Gasteiger partial charge in [0.05, 0.1) is 24.6 Å². The number of likely N-dealkylation sites (tertiary alicyclic amines) is 2. The number of aliphatic carboxylic acids is 1. The van der Waals surface area contributed by atoms with Crippen LogP contribution in [0.3, 0.4) is 0 Å². The molecule has 2 unspecified atom stereocenters. The third-order valence-electron chi connectivity index (χ3n) is 8.29. The van der Waals surface area contributed by atoms with Gasteiger partial charge in [-0.2, -0.15) is 0 Å². The Labute approximate surface area is 250 Å². The minimum Gasteiger partial charge on any atom is -0.480 e. The Kier molecular flexibility index (Phi) is 8.11. The van der Waals surface area contributed by atoms with Crippen LogP contribution in [0.15, 0.2) is 46.0 Å². The van der Waals surface area contributed by atoms with Crippen molar-refractivity contribution in [2.75, 3.05) is 32.8 Å². The van der Waals surface area contributed by atoms with Crippen molar-refractivity contribution in [3.63, 3.8) is 0 Å². The maximum atomic E-state index is 15.4. The zero-order valence-corrected chi connectivity index (χ0v) is 24.9. The van der Waals surface area contributed by atoms with E-state index in [9.17, 15) is 23.9 Å². The minimum absolute atomic E-state index is 0.0381. The normalized spacial score (nSPS) is 23.6. The maximum Gasteiger partial charge on any atom is 0.338 e. The molecule has 0 spiro atoms. The number of amides is 1. The third-order valence-corrected chi connectivity index (χ3v) is 9.07. The number of carbonyl (C=O) groups is 3. The largest absolute Gasteiger partial charge is 0.480 e. The summed E-state index contributed by atoms with van der Waals surface area (Å²) in [6, 6.07) is 2.64. The summed E-state index contributed by atoms with van der Waals surface area (Å²) in [6.45, 7) is 4.55. The Morgan fingerprint density at radius 2 is 2.00 bits per heavy atom. The number of rotatable bonds is 8. The summed E-state index contributed by atoms with van der Waals surface area (Å²) >= 11 is 1.28. The SMILES string of the molecule is CCOC(=O)C1=C(CN2CC(F)(F)C3CN(C(=O)C(C)(C)C(=O)O)CC32)NC(c2nccs2)=N[C@H]1c1cccc(F)c1C. The van der Waals surface area contributed by atoms with Crippen LogP contribution in [0.2, 0.25) is 0 Å². The van der Waals surface area contributed by atoms with Gasteiger partial charge >= 0.3 is 11.9 Å². The van der Waals surface area contributed by atoms with Crippen LogP contribution in [0, 0.1) is 24.1 Å². The number of thiazole rings is 1. The number of benzene rings is 1. The van der Waals surface area contributed by atoms with Crippen molar-refractivity contribution in [2.45, 2.75) is 45.7 Å². The first kappa shape index (κ1) is 30.7. The summed E-state index contributed by atoms with van der Waals surface area (Å²) < 4.78 is 50.9. The van der Waals surface area contributed by atoms with Gasteiger partial charge in [-0.3, -0.25) is 19.5 Å². The van der Waals surface area contributed by atoms with Crippen LogP contribution in [-0.4, -0.2) is 88.3 Å². The fourth-order valence-electron chi connectivity index (χ4n) is 5.87. The number of ether oxygens (including phenoxy) is 1. The average molecular weight is 620 g/mol. The summed E-state index contributed by atoms with van der Waals surface area (Å²) in [5.41, 5.74) is -0.788. The lowest BCUT2D eigenvalue weighted by Crippen LogP contribution is -2.47. The van der Waals surface area contributed by atoms with Crippen LogP contribution in [0.5, 0.6) is 0 Å². The van der Waals surface area contributed by atoms with E-state index in [1.807, 2.05) is 0 Å². The first-order valence-electron chi connectivity index (χ1n) is 13.8. The number of aromatic nitrogens is 1. The van der Waals surface area contributed by atoms with Crippen LogP contribution in [0.1, 0.15) is 42.9 Å². The third kappa shape index (κ3) is 5.53.